The van der Waals surface area contributed by atoms with Gasteiger partial charge in [0.05, 0.1) is 16.6 Å². The molecule has 3 N–H and O–H groups in total. The number of nitrogens with two attached hydrogens (primary N) is 1. The molecule has 1 aromatic carbocycles. The second-order valence-corrected chi connectivity index (χ2v) is 6.76. The summed E-state index contributed by atoms with van der Waals surface area (Å²) < 4.78 is 1.69. The molecule has 0 saturated carbocycles. The molecule has 0 aliphatic heterocycles. The van der Waals surface area contributed by atoms with Crippen LogP contribution in [-0.4, -0.2) is 48.9 Å². The van der Waals surface area contributed by atoms with E-state index in [0.717, 1.165) is 33.1 Å². The summed E-state index contributed by atoms with van der Waals surface area (Å²) in [5.74, 6) is 0.438. The molecule has 1 unspecified atom stereocenters. The number of aromatic amines is 1. The molecule has 0 aliphatic carbocycles. The van der Waals surface area contributed by atoms with Crippen LogP contribution in [0.2, 0.25) is 0 Å². The van der Waals surface area contributed by atoms with Crippen LogP contribution >= 0.6 is 0 Å². The minimum absolute atomic E-state index is 0.0372. The number of hydrogen-bond acceptors (Lipinski definition) is 5. The number of aromatic nitrogens is 5. The van der Waals surface area contributed by atoms with Crippen LogP contribution < -0.4 is 5.73 Å². The highest BCUT2D eigenvalue weighted by Gasteiger charge is 2.22. The lowest BCUT2D eigenvalue weighted by Crippen LogP contribution is -2.36. The van der Waals surface area contributed by atoms with Gasteiger partial charge in [0.1, 0.15) is 17.4 Å². The van der Waals surface area contributed by atoms with Crippen LogP contribution in [-0.2, 0) is 4.79 Å². The Morgan fingerprint density at radius 2 is 2.04 bits per heavy atom. The van der Waals surface area contributed by atoms with E-state index in [1.807, 2.05) is 51.2 Å². The van der Waals surface area contributed by atoms with Gasteiger partial charge in [0, 0.05) is 36.4 Å². The molecule has 0 radical (unpaired) electrons. The van der Waals surface area contributed by atoms with E-state index in [1.165, 1.54) is 0 Å². The van der Waals surface area contributed by atoms with Crippen molar-refractivity contribution < 1.29 is 4.79 Å². The molecule has 144 valence electrons. The minimum atomic E-state index is -0.411. The Hall–Kier alpha value is -3.42. The number of nitrogens with one attached hydrogen (secondary N) is 1. The van der Waals surface area contributed by atoms with Crippen LogP contribution in [0.15, 0.2) is 36.7 Å². The number of likely N-dealkylation sites (N-methyl/N-ethyl adjacent to an activating group) is 1. The van der Waals surface area contributed by atoms with Gasteiger partial charge >= 0.3 is 0 Å². The molecule has 4 aromatic rings. The van der Waals surface area contributed by atoms with Gasteiger partial charge < -0.3 is 10.6 Å². The molecule has 3 aromatic heterocycles. The summed E-state index contributed by atoms with van der Waals surface area (Å²) in [6, 6.07) is 7.43. The molecule has 0 spiro atoms. The number of pyridine rings is 1. The molecule has 8 nitrogen and oxygen atoms in total. The summed E-state index contributed by atoms with van der Waals surface area (Å²) in [5.41, 5.74) is 9.60. The van der Waals surface area contributed by atoms with Crippen molar-refractivity contribution in [2.24, 2.45) is 0 Å². The zero-order valence-corrected chi connectivity index (χ0v) is 16.2. The number of carbonyl (C=O) groups is 1. The fraction of sp³-hybridized carbons (Fsp3) is 0.300. The maximum absolute atomic E-state index is 12.7. The highest BCUT2D eigenvalue weighted by atomic mass is 16.2. The number of carbonyl (C=O) groups excluding carboxylic acids is 1. The van der Waals surface area contributed by atoms with Gasteiger partial charge in [-0.2, -0.15) is 10.2 Å². The van der Waals surface area contributed by atoms with E-state index in [1.54, 1.807) is 15.8 Å². The van der Waals surface area contributed by atoms with Gasteiger partial charge in [0.2, 0.25) is 5.91 Å². The van der Waals surface area contributed by atoms with Gasteiger partial charge in [-0.1, -0.05) is 6.07 Å². The van der Waals surface area contributed by atoms with Crippen LogP contribution in [0.1, 0.15) is 26.8 Å². The molecule has 1 atom stereocenters. The first-order valence-electron chi connectivity index (χ1n) is 9.40. The fourth-order valence-electron chi connectivity index (χ4n) is 3.49. The fourth-order valence-corrected chi connectivity index (χ4v) is 3.49. The molecule has 0 saturated heterocycles. The molecule has 1 amide bonds. The van der Waals surface area contributed by atoms with Crippen molar-refractivity contribution in [3.8, 4) is 11.3 Å². The van der Waals surface area contributed by atoms with Crippen LogP contribution in [0.5, 0.6) is 0 Å². The van der Waals surface area contributed by atoms with Crippen molar-refractivity contribution in [1.29, 1.82) is 0 Å². The van der Waals surface area contributed by atoms with Crippen molar-refractivity contribution in [2.45, 2.75) is 26.8 Å². The minimum Gasteiger partial charge on any atom is -0.383 e. The van der Waals surface area contributed by atoms with Crippen LogP contribution in [0.3, 0.4) is 0 Å². The maximum atomic E-state index is 12.7. The van der Waals surface area contributed by atoms with E-state index in [0.29, 0.717) is 18.9 Å². The molecule has 0 aliphatic rings. The van der Waals surface area contributed by atoms with E-state index in [4.69, 9.17) is 10.8 Å². The number of amides is 1. The second-order valence-electron chi connectivity index (χ2n) is 6.76. The van der Waals surface area contributed by atoms with Crippen molar-refractivity contribution >= 4 is 33.5 Å². The average molecular weight is 377 g/mol. The lowest BCUT2D eigenvalue weighted by Gasteiger charge is -2.22. The Bertz CT molecular complexity index is 1140. The van der Waals surface area contributed by atoms with E-state index < -0.39 is 6.04 Å². The average Bonchev–Trinajstić information content (AvgIpc) is 3.38. The Morgan fingerprint density at radius 3 is 2.71 bits per heavy atom. The summed E-state index contributed by atoms with van der Waals surface area (Å²) in [7, 11) is 0. The number of anilines is 1. The number of H-pyrrole nitrogens is 1. The van der Waals surface area contributed by atoms with E-state index in [9.17, 15) is 4.79 Å². The molecular formula is C20H23N7O. The van der Waals surface area contributed by atoms with Gasteiger partial charge in [-0.15, -0.1) is 0 Å². The third-order valence-corrected chi connectivity index (χ3v) is 5.14. The Morgan fingerprint density at radius 1 is 1.25 bits per heavy atom. The first-order valence-corrected chi connectivity index (χ1v) is 9.40. The lowest BCUT2D eigenvalue weighted by molar-refractivity contribution is -0.134. The summed E-state index contributed by atoms with van der Waals surface area (Å²) in [6.07, 6.45) is 3.52. The number of rotatable bonds is 5. The maximum Gasteiger partial charge on any atom is 0.247 e. The van der Waals surface area contributed by atoms with Gasteiger partial charge in [0.15, 0.2) is 0 Å². The highest BCUT2D eigenvalue weighted by molar-refractivity contribution is 6.08. The van der Waals surface area contributed by atoms with E-state index in [2.05, 4.69) is 15.2 Å². The van der Waals surface area contributed by atoms with E-state index in [-0.39, 0.29) is 5.91 Å². The van der Waals surface area contributed by atoms with E-state index >= 15 is 0 Å². The molecule has 28 heavy (non-hydrogen) atoms. The predicted molar refractivity (Wildman–Crippen MR) is 110 cm³/mol. The summed E-state index contributed by atoms with van der Waals surface area (Å²) >= 11 is 0. The topological polar surface area (TPSA) is 106 Å². The quantitative estimate of drug-likeness (QED) is 0.556. The van der Waals surface area contributed by atoms with Gasteiger partial charge in [-0.25, -0.2) is 4.98 Å². The molecular weight excluding hydrogens is 354 g/mol. The molecule has 8 heteroatoms. The number of hydrogen-bond donors (Lipinski definition) is 2. The molecule has 0 fully saturated rings. The SMILES string of the molecule is CCN(CC)C(=O)C(C)n1cc2c(N)nc3cc(-c4ccn[nH]4)ccc3c2n1. The van der Waals surface area contributed by atoms with Crippen molar-refractivity contribution in [3.63, 3.8) is 0 Å². The summed E-state index contributed by atoms with van der Waals surface area (Å²) in [4.78, 5) is 19.1. The Labute approximate surface area is 162 Å². The van der Waals surface area contributed by atoms with Gasteiger partial charge in [0.25, 0.3) is 0 Å². The monoisotopic (exact) mass is 377 g/mol. The van der Waals surface area contributed by atoms with Crippen molar-refractivity contribution in [1.82, 2.24) is 29.9 Å². The molecule has 0 bridgehead atoms. The third kappa shape index (κ3) is 2.87. The first-order chi connectivity index (χ1) is 13.5. The summed E-state index contributed by atoms with van der Waals surface area (Å²) in [6.45, 7) is 7.14. The normalized spacial score (nSPS) is 12.5. The predicted octanol–water partition coefficient (Wildman–Crippen LogP) is 2.99. The standard InChI is InChI=1S/C20H23N7O/c1-4-26(5-2)20(28)12(3)27-11-15-18(25-27)14-7-6-13(16-8-9-22-24-16)10-17(14)23-19(15)21/h6-12H,4-5H2,1-3H3,(H2,21,23)(H,22,24). The van der Waals surface area contributed by atoms with Crippen molar-refractivity contribution in [3.05, 3.63) is 36.7 Å². The summed E-state index contributed by atoms with van der Waals surface area (Å²) in [5, 5.41) is 13.3. The third-order valence-electron chi connectivity index (χ3n) is 5.14. The zero-order chi connectivity index (χ0) is 19.8. The van der Waals surface area contributed by atoms with Crippen LogP contribution in [0.4, 0.5) is 5.82 Å². The zero-order valence-electron chi connectivity index (χ0n) is 16.2. The van der Waals surface area contributed by atoms with Crippen LogP contribution in [0.25, 0.3) is 33.1 Å². The number of nitrogens with zero attached hydrogens (tertiary/aromatic N) is 5. The lowest BCUT2D eigenvalue weighted by atomic mass is 10.1. The molecule has 4 rings (SSSR count). The van der Waals surface area contributed by atoms with Crippen LogP contribution in [0, 0.1) is 0 Å². The van der Waals surface area contributed by atoms with Gasteiger partial charge in [-0.3, -0.25) is 14.6 Å². The first kappa shape index (κ1) is 18.0. The smallest absolute Gasteiger partial charge is 0.247 e. The Balaban J connectivity index is 1.81. The molecule has 3 heterocycles. The second kappa shape index (κ2) is 6.95. The Kier molecular flexibility index (Phi) is 4.46. The van der Waals surface area contributed by atoms with Crippen molar-refractivity contribution in [2.75, 3.05) is 18.8 Å². The number of nitrogen functional groups attached to an aromatic ring is 1. The largest absolute Gasteiger partial charge is 0.383 e. The number of benzene rings is 1. The van der Waals surface area contributed by atoms with Gasteiger partial charge in [-0.05, 0) is 39.0 Å². The highest BCUT2D eigenvalue weighted by Crippen LogP contribution is 2.30. The number of fused-ring (bicyclic) bond motifs is 3.